The minimum absolute atomic E-state index is 0. The number of benzene rings is 1. The number of aliphatic imine (C=N–C) groups is 1. The minimum Gasteiger partial charge on any atom is -0.493 e. The molecule has 0 radical (unpaired) electrons. The first-order valence-electron chi connectivity index (χ1n) is 10.3. The van der Waals surface area contributed by atoms with E-state index in [1.54, 1.807) is 19.4 Å². The molecule has 2 aromatic rings. The Kier molecular flexibility index (Phi) is 13.2. The topological polar surface area (TPSA) is 97.1 Å². The second-order valence-electron chi connectivity index (χ2n) is 6.50. The summed E-state index contributed by atoms with van der Waals surface area (Å²) in [5, 5.41) is 9.19. The summed E-state index contributed by atoms with van der Waals surface area (Å²) in [7, 11) is 1.64. The summed E-state index contributed by atoms with van der Waals surface area (Å²) in [5.74, 6) is 2.68. The van der Waals surface area contributed by atoms with Gasteiger partial charge in [-0.05, 0) is 56.5 Å². The van der Waals surface area contributed by atoms with Gasteiger partial charge < -0.3 is 29.8 Å². The number of hydrogen-bond acceptors (Lipinski definition) is 5. The Bertz CT molecular complexity index is 797. The van der Waals surface area contributed by atoms with E-state index in [2.05, 4.69) is 20.9 Å². The van der Waals surface area contributed by atoms with E-state index >= 15 is 0 Å². The van der Waals surface area contributed by atoms with Gasteiger partial charge in [-0.3, -0.25) is 4.79 Å². The second kappa shape index (κ2) is 15.4. The van der Waals surface area contributed by atoms with Crippen LogP contribution in [0.15, 0.2) is 46.0 Å². The van der Waals surface area contributed by atoms with Gasteiger partial charge in [0.2, 0.25) is 5.91 Å². The molecular weight excluding hydrogens is 511 g/mol. The van der Waals surface area contributed by atoms with Crippen LogP contribution < -0.4 is 25.4 Å². The van der Waals surface area contributed by atoms with E-state index in [1.807, 2.05) is 38.1 Å². The van der Waals surface area contributed by atoms with Gasteiger partial charge in [-0.15, -0.1) is 24.0 Å². The maximum absolute atomic E-state index is 12.0. The lowest BCUT2D eigenvalue weighted by Crippen LogP contribution is -2.39. The van der Waals surface area contributed by atoms with Crippen LogP contribution in [-0.2, 0) is 17.8 Å². The predicted molar refractivity (Wildman–Crippen MR) is 132 cm³/mol. The lowest BCUT2D eigenvalue weighted by Gasteiger charge is -2.13. The van der Waals surface area contributed by atoms with Gasteiger partial charge in [-0.2, -0.15) is 0 Å². The number of amides is 1. The van der Waals surface area contributed by atoms with Crippen molar-refractivity contribution in [3.63, 3.8) is 0 Å². The van der Waals surface area contributed by atoms with Crippen LogP contribution in [0.2, 0.25) is 0 Å². The largest absolute Gasteiger partial charge is 0.493 e. The molecule has 0 aliphatic rings. The monoisotopic (exact) mass is 544 g/mol. The summed E-state index contributed by atoms with van der Waals surface area (Å²) in [5.41, 5.74) is 1.18. The van der Waals surface area contributed by atoms with Crippen LogP contribution in [0.1, 0.15) is 31.6 Å². The fourth-order valence-corrected chi connectivity index (χ4v) is 2.79. The van der Waals surface area contributed by atoms with E-state index in [0.717, 1.165) is 37.4 Å². The number of furan rings is 1. The third-order valence-electron chi connectivity index (χ3n) is 4.23. The third kappa shape index (κ3) is 9.95. The molecule has 1 heterocycles. The first-order valence-corrected chi connectivity index (χ1v) is 10.3. The normalized spacial score (nSPS) is 10.7. The maximum atomic E-state index is 12.0. The maximum Gasteiger partial charge on any atom is 0.242 e. The van der Waals surface area contributed by atoms with Crippen molar-refractivity contribution in [2.24, 2.45) is 4.99 Å². The van der Waals surface area contributed by atoms with Gasteiger partial charge in [-0.25, -0.2) is 4.99 Å². The number of aryl methyl sites for hydroxylation is 1. The zero-order chi connectivity index (χ0) is 21.6. The summed E-state index contributed by atoms with van der Waals surface area (Å²) < 4.78 is 16.1. The number of nitrogens with zero attached hydrogens (tertiary/aromatic N) is 1. The second-order valence-corrected chi connectivity index (χ2v) is 6.50. The molecule has 3 N–H and O–H groups in total. The molecule has 0 atom stereocenters. The van der Waals surface area contributed by atoms with Gasteiger partial charge in [0.1, 0.15) is 12.3 Å². The molecule has 0 aliphatic carbocycles. The molecule has 9 heteroatoms. The average molecular weight is 544 g/mol. The molecule has 2 rings (SSSR count). The van der Waals surface area contributed by atoms with Crippen LogP contribution >= 0.6 is 24.0 Å². The number of rotatable bonds is 12. The molecule has 0 fully saturated rings. The van der Waals surface area contributed by atoms with E-state index in [9.17, 15) is 4.79 Å². The number of guanidine groups is 1. The standard InChI is InChI=1S/C22H32N4O4.HI/c1-4-23-22(26-16-21(27)25-15-18-9-7-13-30-18)24-12-6-8-17-10-11-19(28-3)20(14-17)29-5-2;/h7,9-11,13-14H,4-6,8,12,15-16H2,1-3H3,(H,25,27)(H2,23,24,26);1H. The Hall–Kier alpha value is -2.43. The predicted octanol–water partition coefficient (Wildman–Crippen LogP) is 3.11. The Morgan fingerprint density at radius 2 is 1.97 bits per heavy atom. The highest BCUT2D eigenvalue weighted by Crippen LogP contribution is 2.28. The van der Waals surface area contributed by atoms with Crippen molar-refractivity contribution < 1.29 is 18.7 Å². The molecule has 0 saturated heterocycles. The molecule has 172 valence electrons. The molecule has 8 nitrogen and oxygen atoms in total. The Morgan fingerprint density at radius 3 is 2.65 bits per heavy atom. The van der Waals surface area contributed by atoms with E-state index in [1.165, 1.54) is 5.56 Å². The van der Waals surface area contributed by atoms with Crippen LogP contribution in [0.3, 0.4) is 0 Å². The Labute approximate surface area is 201 Å². The van der Waals surface area contributed by atoms with Crippen molar-refractivity contribution in [1.82, 2.24) is 16.0 Å². The van der Waals surface area contributed by atoms with Crippen LogP contribution in [-0.4, -0.2) is 45.2 Å². The lowest BCUT2D eigenvalue weighted by molar-refractivity contribution is -0.119. The summed E-state index contributed by atoms with van der Waals surface area (Å²) in [6, 6.07) is 9.60. The molecule has 1 aromatic heterocycles. The van der Waals surface area contributed by atoms with Crippen LogP contribution in [0, 0.1) is 0 Å². The molecule has 1 aromatic carbocycles. The summed E-state index contributed by atoms with van der Waals surface area (Å²) in [6.45, 7) is 6.39. The van der Waals surface area contributed by atoms with Crippen molar-refractivity contribution in [3.05, 3.63) is 47.9 Å². The van der Waals surface area contributed by atoms with E-state index in [4.69, 9.17) is 13.9 Å². The molecular formula is C22H33IN4O4. The minimum atomic E-state index is -0.162. The highest BCUT2D eigenvalue weighted by molar-refractivity contribution is 14.0. The number of carbonyl (C=O) groups is 1. The lowest BCUT2D eigenvalue weighted by atomic mass is 10.1. The van der Waals surface area contributed by atoms with Crippen molar-refractivity contribution in [1.29, 1.82) is 0 Å². The van der Waals surface area contributed by atoms with Crippen molar-refractivity contribution >= 4 is 35.8 Å². The van der Waals surface area contributed by atoms with Crippen LogP contribution in [0.5, 0.6) is 11.5 Å². The van der Waals surface area contributed by atoms with Gasteiger partial charge in [0, 0.05) is 13.1 Å². The Morgan fingerprint density at radius 1 is 1.13 bits per heavy atom. The number of halogens is 1. The molecule has 0 saturated carbocycles. The molecule has 0 aliphatic heterocycles. The molecule has 1 amide bonds. The Balaban J connectivity index is 0.00000480. The SMILES string of the molecule is CCNC(=NCC(=O)NCc1ccco1)NCCCc1ccc(OC)c(OCC)c1.I. The first-order chi connectivity index (χ1) is 14.7. The number of nitrogens with one attached hydrogen (secondary N) is 3. The molecule has 0 bridgehead atoms. The average Bonchev–Trinajstić information content (AvgIpc) is 3.27. The number of carbonyl (C=O) groups excluding carboxylic acids is 1. The molecule has 31 heavy (non-hydrogen) atoms. The van der Waals surface area contributed by atoms with Crippen molar-refractivity contribution in [2.45, 2.75) is 33.2 Å². The quantitative estimate of drug-likeness (QED) is 0.165. The van der Waals surface area contributed by atoms with Gasteiger partial charge in [0.25, 0.3) is 0 Å². The fourth-order valence-electron chi connectivity index (χ4n) is 2.79. The number of ether oxygens (including phenoxy) is 2. The molecule has 0 spiro atoms. The zero-order valence-electron chi connectivity index (χ0n) is 18.4. The number of methoxy groups -OCH3 is 1. The highest BCUT2D eigenvalue weighted by Gasteiger charge is 2.06. The fraction of sp³-hybridized carbons (Fsp3) is 0.455. The van der Waals surface area contributed by atoms with Gasteiger partial charge in [0.05, 0.1) is 26.5 Å². The smallest absolute Gasteiger partial charge is 0.242 e. The van der Waals surface area contributed by atoms with Crippen LogP contribution in [0.4, 0.5) is 0 Å². The third-order valence-corrected chi connectivity index (χ3v) is 4.23. The number of hydrogen-bond donors (Lipinski definition) is 3. The van der Waals surface area contributed by atoms with E-state index < -0.39 is 0 Å². The van der Waals surface area contributed by atoms with E-state index in [0.29, 0.717) is 24.9 Å². The summed E-state index contributed by atoms with van der Waals surface area (Å²) in [6.07, 6.45) is 3.38. The highest BCUT2D eigenvalue weighted by atomic mass is 127. The molecule has 0 unspecified atom stereocenters. The first kappa shape index (κ1) is 26.6. The summed E-state index contributed by atoms with van der Waals surface area (Å²) >= 11 is 0. The van der Waals surface area contributed by atoms with E-state index in [-0.39, 0.29) is 36.4 Å². The van der Waals surface area contributed by atoms with Gasteiger partial charge in [0.15, 0.2) is 17.5 Å². The van der Waals surface area contributed by atoms with Crippen LogP contribution in [0.25, 0.3) is 0 Å². The van der Waals surface area contributed by atoms with Crippen molar-refractivity contribution in [2.75, 3.05) is 33.4 Å². The zero-order valence-corrected chi connectivity index (χ0v) is 20.7. The van der Waals surface area contributed by atoms with Crippen molar-refractivity contribution in [3.8, 4) is 11.5 Å². The van der Waals surface area contributed by atoms with Gasteiger partial charge in [-0.1, -0.05) is 6.07 Å². The van der Waals surface area contributed by atoms with Gasteiger partial charge >= 0.3 is 0 Å². The summed E-state index contributed by atoms with van der Waals surface area (Å²) in [4.78, 5) is 16.3.